The van der Waals surface area contributed by atoms with Gasteiger partial charge in [0.15, 0.2) is 0 Å². The highest BCUT2D eigenvalue weighted by atomic mass is 32.2. The summed E-state index contributed by atoms with van der Waals surface area (Å²) in [5, 5.41) is -0.189. The van der Waals surface area contributed by atoms with Crippen LogP contribution in [0.25, 0.3) is 0 Å². The minimum atomic E-state index is -0.296. The van der Waals surface area contributed by atoms with Crippen molar-refractivity contribution in [2.24, 2.45) is 0 Å². The normalized spacial score (nSPS) is 17.0. The van der Waals surface area contributed by atoms with E-state index in [1.807, 2.05) is 6.07 Å². The van der Waals surface area contributed by atoms with Crippen molar-refractivity contribution < 1.29 is 18.7 Å². The molecule has 1 saturated heterocycles. The van der Waals surface area contributed by atoms with Gasteiger partial charge < -0.3 is 14.4 Å². The van der Waals surface area contributed by atoms with Crippen molar-refractivity contribution in [2.75, 3.05) is 26.5 Å². The molecule has 2 aromatic rings. The van der Waals surface area contributed by atoms with Crippen molar-refractivity contribution in [1.29, 1.82) is 0 Å². The van der Waals surface area contributed by atoms with E-state index in [0.717, 1.165) is 11.3 Å². The summed E-state index contributed by atoms with van der Waals surface area (Å²) in [6, 6.07) is 11.5. The summed E-state index contributed by atoms with van der Waals surface area (Å²) in [6.07, 6.45) is 0. The van der Waals surface area contributed by atoms with Crippen molar-refractivity contribution in [3.63, 3.8) is 0 Å². The monoisotopic (exact) mass is 347 g/mol. The number of rotatable bonds is 4. The van der Waals surface area contributed by atoms with E-state index >= 15 is 0 Å². The number of amides is 1. The lowest BCUT2D eigenvalue weighted by Gasteiger charge is -2.24. The van der Waals surface area contributed by atoms with Crippen molar-refractivity contribution in [3.05, 3.63) is 59.4 Å². The van der Waals surface area contributed by atoms with Crippen LogP contribution in [0.3, 0.4) is 0 Å². The van der Waals surface area contributed by atoms with Crippen molar-refractivity contribution in [2.45, 2.75) is 5.37 Å². The van der Waals surface area contributed by atoms with Crippen LogP contribution in [0.5, 0.6) is 11.5 Å². The highest BCUT2D eigenvalue weighted by Crippen LogP contribution is 2.39. The number of methoxy groups -OCH3 is 2. The molecule has 0 saturated carbocycles. The molecule has 6 heteroatoms. The number of benzene rings is 2. The molecule has 0 N–H and O–H groups in total. The van der Waals surface area contributed by atoms with Gasteiger partial charge in [0.2, 0.25) is 0 Å². The van der Waals surface area contributed by atoms with Gasteiger partial charge in [-0.1, -0.05) is 12.1 Å². The lowest BCUT2D eigenvalue weighted by molar-refractivity contribution is 0.0759. The number of thioether (sulfide) groups is 1. The van der Waals surface area contributed by atoms with Crippen LogP contribution in [0.1, 0.15) is 21.3 Å². The van der Waals surface area contributed by atoms with Gasteiger partial charge in [-0.15, -0.1) is 11.8 Å². The summed E-state index contributed by atoms with van der Waals surface area (Å²) in [6.45, 7) is 0.615. The second-order valence-electron chi connectivity index (χ2n) is 5.38. The molecule has 0 unspecified atom stereocenters. The Morgan fingerprint density at radius 2 is 1.88 bits per heavy atom. The van der Waals surface area contributed by atoms with Gasteiger partial charge in [-0.25, -0.2) is 4.39 Å². The third kappa shape index (κ3) is 3.33. The Labute approximate surface area is 144 Å². The number of halogens is 1. The molecule has 1 heterocycles. The van der Waals surface area contributed by atoms with Gasteiger partial charge in [-0.2, -0.15) is 0 Å². The molecule has 0 bridgehead atoms. The summed E-state index contributed by atoms with van der Waals surface area (Å²) < 4.78 is 24.0. The van der Waals surface area contributed by atoms with Gasteiger partial charge >= 0.3 is 0 Å². The van der Waals surface area contributed by atoms with Crippen LogP contribution < -0.4 is 9.47 Å². The number of hydrogen-bond acceptors (Lipinski definition) is 4. The van der Waals surface area contributed by atoms with E-state index in [9.17, 15) is 9.18 Å². The van der Waals surface area contributed by atoms with Gasteiger partial charge in [0.05, 0.1) is 14.2 Å². The van der Waals surface area contributed by atoms with Crippen LogP contribution in [0.15, 0.2) is 42.5 Å². The average molecular weight is 347 g/mol. The second kappa shape index (κ2) is 7.13. The lowest BCUT2D eigenvalue weighted by Crippen LogP contribution is -2.30. The van der Waals surface area contributed by atoms with Crippen molar-refractivity contribution >= 4 is 17.7 Å². The molecule has 0 spiro atoms. The van der Waals surface area contributed by atoms with E-state index in [4.69, 9.17) is 9.47 Å². The number of hydrogen-bond donors (Lipinski definition) is 0. The predicted molar refractivity (Wildman–Crippen MR) is 92.2 cm³/mol. The number of ether oxygens (including phenoxy) is 2. The van der Waals surface area contributed by atoms with Gasteiger partial charge in [0, 0.05) is 23.9 Å². The van der Waals surface area contributed by atoms with Crippen LogP contribution in [0.4, 0.5) is 4.39 Å². The van der Waals surface area contributed by atoms with E-state index in [-0.39, 0.29) is 17.1 Å². The largest absolute Gasteiger partial charge is 0.497 e. The molecule has 1 aliphatic rings. The van der Waals surface area contributed by atoms with Gasteiger partial charge in [0.1, 0.15) is 22.7 Å². The standard InChI is InChI=1S/C18H18FNO3S/c1-22-15-9-13(10-16(11-15)23-2)17(21)20-6-7-24-18(20)12-4-3-5-14(19)8-12/h3-5,8-11,18H,6-7H2,1-2H3/t18-/m0/s1. The Morgan fingerprint density at radius 3 is 2.50 bits per heavy atom. The first-order valence-corrected chi connectivity index (χ1v) is 8.58. The third-order valence-corrected chi connectivity index (χ3v) is 5.14. The Morgan fingerprint density at radius 1 is 1.17 bits per heavy atom. The maximum absolute atomic E-state index is 13.5. The topological polar surface area (TPSA) is 38.8 Å². The highest BCUT2D eigenvalue weighted by molar-refractivity contribution is 7.99. The molecule has 1 aliphatic heterocycles. The summed E-state index contributed by atoms with van der Waals surface area (Å²) in [7, 11) is 3.09. The molecular formula is C18H18FNO3S. The first-order chi connectivity index (χ1) is 11.6. The summed E-state index contributed by atoms with van der Waals surface area (Å²) in [5.74, 6) is 1.52. The van der Waals surface area contributed by atoms with Crippen molar-refractivity contribution in [1.82, 2.24) is 4.90 Å². The highest BCUT2D eigenvalue weighted by Gasteiger charge is 2.31. The Balaban J connectivity index is 1.91. The fraction of sp³-hybridized carbons (Fsp3) is 0.278. The Hall–Kier alpha value is -2.21. The first-order valence-electron chi connectivity index (χ1n) is 7.53. The van der Waals surface area contributed by atoms with E-state index in [0.29, 0.717) is 23.6 Å². The minimum Gasteiger partial charge on any atom is -0.497 e. The van der Waals surface area contributed by atoms with Gasteiger partial charge in [-0.05, 0) is 29.8 Å². The molecule has 1 atom stereocenters. The maximum atomic E-state index is 13.5. The van der Waals surface area contributed by atoms with Crippen LogP contribution in [0.2, 0.25) is 0 Å². The lowest BCUT2D eigenvalue weighted by atomic mass is 10.1. The van der Waals surface area contributed by atoms with Crippen LogP contribution in [-0.2, 0) is 0 Å². The molecule has 0 radical (unpaired) electrons. The summed E-state index contributed by atoms with van der Waals surface area (Å²) >= 11 is 1.63. The molecule has 1 amide bonds. The zero-order valence-corrected chi connectivity index (χ0v) is 14.3. The van der Waals surface area contributed by atoms with E-state index < -0.39 is 0 Å². The maximum Gasteiger partial charge on any atom is 0.255 e. The first kappa shape index (κ1) is 16.6. The van der Waals surface area contributed by atoms with Crippen LogP contribution in [-0.4, -0.2) is 37.3 Å². The van der Waals surface area contributed by atoms with Gasteiger partial charge in [0.25, 0.3) is 5.91 Å². The second-order valence-corrected chi connectivity index (χ2v) is 6.57. The van der Waals surface area contributed by atoms with Crippen molar-refractivity contribution in [3.8, 4) is 11.5 Å². The molecule has 24 heavy (non-hydrogen) atoms. The SMILES string of the molecule is COc1cc(OC)cc(C(=O)N2CCS[C@H]2c2cccc(F)c2)c1. The molecule has 4 nitrogen and oxygen atoms in total. The predicted octanol–water partition coefficient (Wildman–Crippen LogP) is 3.73. The quantitative estimate of drug-likeness (QED) is 0.845. The third-order valence-electron chi connectivity index (χ3n) is 3.88. The molecule has 0 aromatic heterocycles. The number of carbonyl (C=O) groups excluding carboxylic acids is 1. The van der Waals surface area contributed by atoms with Gasteiger partial charge in [-0.3, -0.25) is 4.79 Å². The number of nitrogens with zero attached hydrogens (tertiary/aromatic N) is 1. The zero-order chi connectivity index (χ0) is 17.1. The van der Waals surface area contributed by atoms with E-state index in [1.165, 1.54) is 12.1 Å². The Kier molecular flexibility index (Phi) is 4.94. The molecule has 2 aromatic carbocycles. The van der Waals surface area contributed by atoms with E-state index in [1.54, 1.807) is 55.1 Å². The minimum absolute atomic E-state index is 0.119. The molecule has 3 rings (SSSR count). The summed E-state index contributed by atoms with van der Waals surface area (Å²) in [5.41, 5.74) is 1.29. The Bertz CT molecular complexity index is 731. The number of carbonyl (C=O) groups is 1. The van der Waals surface area contributed by atoms with E-state index in [2.05, 4.69) is 0 Å². The fourth-order valence-corrected chi connectivity index (χ4v) is 3.96. The smallest absolute Gasteiger partial charge is 0.255 e. The average Bonchev–Trinajstić information content (AvgIpc) is 3.10. The molecule has 1 fully saturated rings. The summed E-state index contributed by atoms with van der Waals surface area (Å²) in [4.78, 5) is 14.7. The van der Waals surface area contributed by atoms with Crippen LogP contribution >= 0.6 is 11.8 Å². The van der Waals surface area contributed by atoms with Crippen LogP contribution in [0, 0.1) is 5.82 Å². The zero-order valence-electron chi connectivity index (χ0n) is 13.5. The molecule has 0 aliphatic carbocycles. The molecular weight excluding hydrogens is 329 g/mol. The fourth-order valence-electron chi connectivity index (χ4n) is 2.71. The molecule has 126 valence electrons.